The van der Waals surface area contributed by atoms with Crippen molar-refractivity contribution < 1.29 is 17.9 Å². The minimum absolute atomic E-state index is 0.211. The molecule has 2 aromatic heterocycles. The molecular formula is C18H18N4O4S. The highest BCUT2D eigenvalue weighted by Crippen LogP contribution is 2.27. The molecule has 4 rings (SSSR count). The molecule has 0 radical (unpaired) electrons. The molecule has 1 atom stereocenters. The fourth-order valence-electron chi connectivity index (χ4n) is 3.09. The topological polar surface area (TPSA) is 94.5 Å². The van der Waals surface area contributed by atoms with Gasteiger partial charge in [-0.15, -0.1) is 0 Å². The first-order chi connectivity index (χ1) is 13.1. The largest absolute Gasteiger partial charge is 0.480 e. The molecule has 1 fully saturated rings. The van der Waals surface area contributed by atoms with Gasteiger partial charge in [0.05, 0.1) is 31.6 Å². The lowest BCUT2D eigenvalue weighted by molar-refractivity contribution is 0.203. The normalized spacial score (nSPS) is 17.9. The Hall–Kier alpha value is -2.78. The van der Waals surface area contributed by atoms with E-state index < -0.39 is 10.0 Å². The van der Waals surface area contributed by atoms with Crippen LogP contribution >= 0.6 is 0 Å². The summed E-state index contributed by atoms with van der Waals surface area (Å²) >= 11 is 0. The Morgan fingerprint density at radius 2 is 1.96 bits per heavy atom. The van der Waals surface area contributed by atoms with E-state index in [-0.39, 0.29) is 17.5 Å². The summed E-state index contributed by atoms with van der Waals surface area (Å²) in [5.74, 6) is 0.655. The molecule has 0 saturated carbocycles. The van der Waals surface area contributed by atoms with E-state index in [4.69, 9.17) is 9.47 Å². The van der Waals surface area contributed by atoms with E-state index >= 15 is 0 Å². The maximum atomic E-state index is 13.1. The highest BCUT2D eigenvalue weighted by molar-refractivity contribution is 7.89. The van der Waals surface area contributed by atoms with Gasteiger partial charge in [-0.3, -0.25) is 9.97 Å². The molecule has 0 bridgehead atoms. The summed E-state index contributed by atoms with van der Waals surface area (Å²) in [5.41, 5.74) is 0.475. The van der Waals surface area contributed by atoms with Crippen LogP contribution in [0, 0.1) is 0 Å². The van der Waals surface area contributed by atoms with Crippen molar-refractivity contribution in [2.45, 2.75) is 17.4 Å². The van der Waals surface area contributed by atoms with E-state index in [0.29, 0.717) is 30.2 Å². The quantitative estimate of drug-likeness (QED) is 0.661. The monoisotopic (exact) mass is 386 g/mol. The molecule has 0 spiro atoms. The molecular weight excluding hydrogens is 368 g/mol. The number of benzene rings is 1. The first kappa shape index (κ1) is 17.6. The van der Waals surface area contributed by atoms with Crippen molar-refractivity contribution in [2.75, 3.05) is 20.2 Å². The molecule has 0 aliphatic carbocycles. The van der Waals surface area contributed by atoms with Crippen molar-refractivity contribution >= 4 is 20.9 Å². The number of sulfonamides is 1. The van der Waals surface area contributed by atoms with Crippen molar-refractivity contribution in [1.29, 1.82) is 0 Å². The lowest BCUT2D eigenvalue weighted by atomic mass is 10.2. The first-order valence-corrected chi connectivity index (χ1v) is 9.88. The molecule has 0 unspecified atom stereocenters. The van der Waals surface area contributed by atoms with Gasteiger partial charge in [0.1, 0.15) is 11.0 Å². The van der Waals surface area contributed by atoms with Crippen molar-refractivity contribution in [1.82, 2.24) is 19.3 Å². The zero-order chi connectivity index (χ0) is 18.9. The maximum absolute atomic E-state index is 13.1. The molecule has 8 nitrogen and oxygen atoms in total. The maximum Gasteiger partial charge on any atom is 0.245 e. The van der Waals surface area contributed by atoms with Gasteiger partial charge >= 0.3 is 0 Å². The lowest BCUT2D eigenvalue weighted by Crippen LogP contribution is -2.31. The van der Waals surface area contributed by atoms with Crippen LogP contribution in [0.2, 0.25) is 0 Å². The summed E-state index contributed by atoms with van der Waals surface area (Å²) in [5, 5.41) is 0.789. The van der Waals surface area contributed by atoms with Crippen LogP contribution in [-0.2, 0) is 10.0 Å². The third kappa shape index (κ3) is 3.43. The van der Waals surface area contributed by atoms with Gasteiger partial charge in [0.2, 0.25) is 21.8 Å². The minimum atomic E-state index is -3.67. The average Bonchev–Trinajstić information content (AvgIpc) is 3.17. The number of methoxy groups -OCH3 is 1. The summed E-state index contributed by atoms with van der Waals surface area (Å²) in [6, 6.07) is 8.80. The van der Waals surface area contributed by atoms with Gasteiger partial charge in [-0.2, -0.15) is 9.29 Å². The Morgan fingerprint density at radius 1 is 1.15 bits per heavy atom. The zero-order valence-electron chi connectivity index (χ0n) is 14.6. The number of rotatable bonds is 5. The summed E-state index contributed by atoms with van der Waals surface area (Å²) < 4.78 is 38.5. The van der Waals surface area contributed by atoms with Crippen LogP contribution in [0.3, 0.4) is 0 Å². The second kappa shape index (κ2) is 7.09. The third-order valence-electron chi connectivity index (χ3n) is 4.41. The Kier molecular flexibility index (Phi) is 4.63. The van der Waals surface area contributed by atoms with Gasteiger partial charge in [0.15, 0.2) is 0 Å². The van der Waals surface area contributed by atoms with Gasteiger partial charge in [0, 0.05) is 18.1 Å². The van der Waals surface area contributed by atoms with E-state index in [2.05, 4.69) is 15.0 Å². The number of hydrogen-bond acceptors (Lipinski definition) is 7. The molecule has 1 saturated heterocycles. The average molecular weight is 386 g/mol. The minimum Gasteiger partial charge on any atom is -0.480 e. The van der Waals surface area contributed by atoms with Gasteiger partial charge in [0.25, 0.3) is 0 Å². The van der Waals surface area contributed by atoms with Gasteiger partial charge in [-0.05, 0) is 18.6 Å². The number of pyridine rings is 1. The molecule has 1 aliphatic rings. The van der Waals surface area contributed by atoms with Crippen LogP contribution < -0.4 is 9.47 Å². The van der Waals surface area contributed by atoms with Crippen LogP contribution in [0.5, 0.6) is 11.8 Å². The number of ether oxygens (including phenoxy) is 2. The zero-order valence-corrected chi connectivity index (χ0v) is 15.5. The van der Waals surface area contributed by atoms with Crippen molar-refractivity contribution in [3.05, 3.63) is 48.9 Å². The number of para-hydroxylation sites is 1. The van der Waals surface area contributed by atoms with E-state index in [1.165, 1.54) is 23.8 Å². The van der Waals surface area contributed by atoms with Crippen LogP contribution in [0.4, 0.5) is 0 Å². The fourth-order valence-corrected chi connectivity index (χ4v) is 4.74. The molecule has 1 aromatic carbocycles. The predicted molar refractivity (Wildman–Crippen MR) is 98.1 cm³/mol. The summed E-state index contributed by atoms with van der Waals surface area (Å²) in [6.07, 6.45) is 4.82. The molecule has 140 valence electrons. The molecule has 3 aromatic rings. The Labute approximate surface area is 156 Å². The van der Waals surface area contributed by atoms with Crippen LogP contribution in [-0.4, -0.2) is 54.0 Å². The van der Waals surface area contributed by atoms with E-state index in [1.54, 1.807) is 24.4 Å². The molecule has 0 N–H and O–H groups in total. The summed E-state index contributed by atoms with van der Waals surface area (Å²) in [6.45, 7) is 0.609. The van der Waals surface area contributed by atoms with E-state index in [9.17, 15) is 8.42 Å². The highest BCUT2D eigenvalue weighted by atomic mass is 32.2. The van der Waals surface area contributed by atoms with Gasteiger partial charge < -0.3 is 9.47 Å². The van der Waals surface area contributed by atoms with Crippen molar-refractivity contribution in [3.63, 3.8) is 0 Å². The number of fused-ring (bicyclic) bond motifs is 1. The number of nitrogens with zero attached hydrogens (tertiary/aromatic N) is 4. The second-order valence-electron chi connectivity index (χ2n) is 6.12. The van der Waals surface area contributed by atoms with Crippen molar-refractivity contribution in [3.8, 4) is 11.8 Å². The molecule has 9 heteroatoms. The SMILES string of the molecule is COc1cncc(O[C@H]2CCN(S(=O)(=O)c3cccc4cccnc34)C2)n1. The van der Waals surface area contributed by atoms with Crippen molar-refractivity contribution in [2.24, 2.45) is 0 Å². The lowest BCUT2D eigenvalue weighted by Gasteiger charge is -2.18. The van der Waals surface area contributed by atoms with Crippen LogP contribution in [0.15, 0.2) is 53.8 Å². The Morgan fingerprint density at radius 3 is 2.81 bits per heavy atom. The standard InChI is InChI=1S/C18H18N4O4S/c1-25-16-10-19-11-17(21-16)26-14-7-9-22(12-14)27(23,24)15-6-2-4-13-5-3-8-20-18(13)15/h2-6,8,10-11,14H,7,9,12H2,1H3/t14-/m0/s1. The molecule has 0 amide bonds. The highest BCUT2D eigenvalue weighted by Gasteiger charge is 2.35. The predicted octanol–water partition coefficient (Wildman–Crippen LogP) is 1.88. The Balaban J connectivity index is 1.55. The first-order valence-electron chi connectivity index (χ1n) is 8.44. The summed E-state index contributed by atoms with van der Waals surface area (Å²) in [4.78, 5) is 12.6. The van der Waals surface area contributed by atoms with E-state index in [0.717, 1.165) is 5.39 Å². The number of aromatic nitrogens is 3. The fraction of sp³-hybridized carbons (Fsp3) is 0.278. The smallest absolute Gasteiger partial charge is 0.245 e. The Bertz CT molecular complexity index is 1070. The molecule has 3 heterocycles. The van der Waals surface area contributed by atoms with E-state index in [1.807, 2.05) is 12.1 Å². The number of hydrogen-bond donors (Lipinski definition) is 0. The second-order valence-corrected chi connectivity index (χ2v) is 8.03. The molecule has 1 aliphatic heterocycles. The van der Waals surface area contributed by atoms with Crippen LogP contribution in [0.25, 0.3) is 10.9 Å². The summed E-state index contributed by atoms with van der Waals surface area (Å²) in [7, 11) is -2.18. The third-order valence-corrected chi connectivity index (χ3v) is 6.30. The van der Waals surface area contributed by atoms with Gasteiger partial charge in [-0.1, -0.05) is 18.2 Å². The van der Waals surface area contributed by atoms with Gasteiger partial charge in [-0.25, -0.2) is 8.42 Å². The molecule has 27 heavy (non-hydrogen) atoms. The van der Waals surface area contributed by atoms with Crippen LogP contribution in [0.1, 0.15) is 6.42 Å².